The van der Waals surface area contributed by atoms with E-state index in [0.29, 0.717) is 6.04 Å². The second-order valence-corrected chi connectivity index (χ2v) is 5.36. The molecule has 2 rings (SSSR count). The number of rotatable bonds is 6. The fraction of sp³-hybridized carbons (Fsp3) is 0.667. The van der Waals surface area contributed by atoms with Crippen LogP contribution in [-0.2, 0) is 0 Å². The Hall–Kier alpha value is -0.890. The third-order valence-corrected chi connectivity index (χ3v) is 3.92. The average Bonchev–Trinajstić information content (AvgIpc) is 3.15. The Labute approximate surface area is 105 Å². The van der Waals surface area contributed by atoms with E-state index in [1.807, 2.05) is 12.4 Å². The molecule has 1 fully saturated rings. The molecule has 0 aromatic carbocycles. The highest BCUT2D eigenvalue weighted by atomic mass is 14.9. The second kappa shape index (κ2) is 5.63. The minimum absolute atomic E-state index is 0.483. The Kier molecular flexibility index (Phi) is 4.16. The van der Waals surface area contributed by atoms with Gasteiger partial charge in [0, 0.05) is 18.4 Å². The van der Waals surface area contributed by atoms with Crippen molar-refractivity contribution in [2.75, 3.05) is 6.54 Å². The standard InChI is InChI=1S/C15H24N2/c1-4-8-17-15(12(3)13-5-6-13)14-10-16-9-7-11(14)2/h7,9-10,12-13,15,17H,4-6,8H2,1-3H3. The zero-order valence-corrected chi connectivity index (χ0v) is 11.2. The lowest BCUT2D eigenvalue weighted by Crippen LogP contribution is -2.29. The fourth-order valence-corrected chi connectivity index (χ4v) is 2.57. The first kappa shape index (κ1) is 12.6. The van der Waals surface area contributed by atoms with Gasteiger partial charge in [-0.1, -0.05) is 13.8 Å². The van der Waals surface area contributed by atoms with Crippen molar-refractivity contribution in [3.63, 3.8) is 0 Å². The van der Waals surface area contributed by atoms with Crippen molar-refractivity contribution in [1.29, 1.82) is 0 Å². The molecule has 2 heteroatoms. The predicted octanol–water partition coefficient (Wildman–Crippen LogP) is 3.48. The molecule has 94 valence electrons. The van der Waals surface area contributed by atoms with Crippen LogP contribution in [0.1, 0.15) is 50.3 Å². The summed E-state index contributed by atoms with van der Waals surface area (Å²) in [7, 11) is 0. The number of aryl methyl sites for hydroxylation is 1. The minimum atomic E-state index is 0.483. The van der Waals surface area contributed by atoms with Gasteiger partial charge in [-0.2, -0.15) is 0 Å². The molecule has 17 heavy (non-hydrogen) atoms. The van der Waals surface area contributed by atoms with Gasteiger partial charge in [0.25, 0.3) is 0 Å². The molecule has 1 saturated carbocycles. The Morgan fingerprint density at radius 3 is 2.82 bits per heavy atom. The summed E-state index contributed by atoms with van der Waals surface area (Å²) in [6, 6.07) is 2.60. The minimum Gasteiger partial charge on any atom is -0.310 e. The molecule has 1 N–H and O–H groups in total. The van der Waals surface area contributed by atoms with Gasteiger partial charge in [0.1, 0.15) is 0 Å². The second-order valence-electron chi connectivity index (χ2n) is 5.36. The van der Waals surface area contributed by atoms with Gasteiger partial charge < -0.3 is 5.32 Å². The molecule has 0 radical (unpaired) electrons. The summed E-state index contributed by atoms with van der Waals surface area (Å²) in [6.07, 6.45) is 7.93. The molecule has 0 saturated heterocycles. The third kappa shape index (κ3) is 3.06. The average molecular weight is 232 g/mol. The first-order chi connectivity index (χ1) is 8.24. The van der Waals surface area contributed by atoms with Gasteiger partial charge in [-0.05, 0) is 61.8 Å². The fourth-order valence-electron chi connectivity index (χ4n) is 2.57. The molecule has 2 unspecified atom stereocenters. The third-order valence-electron chi connectivity index (χ3n) is 3.92. The van der Waals surface area contributed by atoms with E-state index in [4.69, 9.17) is 0 Å². The maximum atomic E-state index is 4.30. The van der Waals surface area contributed by atoms with Crippen LogP contribution in [0, 0.1) is 18.8 Å². The van der Waals surface area contributed by atoms with E-state index in [9.17, 15) is 0 Å². The number of aromatic nitrogens is 1. The summed E-state index contributed by atoms with van der Waals surface area (Å²) >= 11 is 0. The van der Waals surface area contributed by atoms with Gasteiger partial charge in [-0.25, -0.2) is 0 Å². The maximum absolute atomic E-state index is 4.30. The van der Waals surface area contributed by atoms with Crippen molar-refractivity contribution >= 4 is 0 Å². The van der Waals surface area contributed by atoms with Crippen LogP contribution in [0.4, 0.5) is 0 Å². The summed E-state index contributed by atoms with van der Waals surface area (Å²) in [5, 5.41) is 3.71. The van der Waals surface area contributed by atoms with Crippen LogP contribution in [0.25, 0.3) is 0 Å². The SMILES string of the molecule is CCCNC(c1cnccc1C)C(C)C1CC1. The summed E-state index contributed by atoms with van der Waals surface area (Å²) in [6.45, 7) is 7.90. The quantitative estimate of drug-likeness (QED) is 0.812. The smallest absolute Gasteiger partial charge is 0.0366 e. The summed E-state index contributed by atoms with van der Waals surface area (Å²) < 4.78 is 0. The van der Waals surface area contributed by atoms with Crippen LogP contribution < -0.4 is 5.32 Å². The summed E-state index contributed by atoms with van der Waals surface area (Å²) in [4.78, 5) is 4.30. The first-order valence-corrected chi connectivity index (χ1v) is 6.88. The van der Waals surface area contributed by atoms with Crippen molar-refractivity contribution in [3.05, 3.63) is 29.6 Å². The van der Waals surface area contributed by atoms with Crippen molar-refractivity contribution in [1.82, 2.24) is 10.3 Å². The van der Waals surface area contributed by atoms with Crippen molar-refractivity contribution in [2.24, 2.45) is 11.8 Å². The summed E-state index contributed by atoms with van der Waals surface area (Å²) in [5.41, 5.74) is 2.75. The largest absolute Gasteiger partial charge is 0.310 e. The Morgan fingerprint density at radius 2 is 2.24 bits per heavy atom. The lowest BCUT2D eigenvalue weighted by Gasteiger charge is -2.26. The monoisotopic (exact) mass is 232 g/mol. The van der Waals surface area contributed by atoms with Crippen LogP contribution in [0.5, 0.6) is 0 Å². The van der Waals surface area contributed by atoms with Gasteiger partial charge in [-0.15, -0.1) is 0 Å². The topological polar surface area (TPSA) is 24.9 Å². The van der Waals surface area contributed by atoms with E-state index in [1.165, 1.54) is 30.4 Å². The number of hydrogen-bond donors (Lipinski definition) is 1. The Bertz CT molecular complexity index is 358. The number of pyridine rings is 1. The molecule has 0 aliphatic heterocycles. The molecule has 2 atom stereocenters. The molecule has 1 aliphatic rings. The molecule has 0 spiro atoms. The van der Waals surface area contributed by atoms with Crippen LogP contribution in [0.15, 0.2) is 18.5 Å². The number of nitrogens with one attached hydrogen (secondary N) is 1. The van der Waals surface area contributed by atoms with Crippen molar-refractivity contribution in [2.45, 2.75) is 46.1 Å². The van der Waals surface area contributed by atoms with Crippen molar-refractivity contribution in [3.8, 4) is 0 Å². The van der Waals surface area contributed by atoms with Crippen molar-refractivity contribution < 1.29 is 0 Å². The zero-order chi connectivity index (χ0) is 12.3. The molecular formula is C15H24N2. The molecule has 1 heterocycles. The Morgan fingerprint density at radius 1 is 1.47 bits per heavy atom. The van der Waals surface area contributed by atoms with Crippen LogP contribution >= 0.6 is 0 Å². The summed E-state index contributed by atoms with van der Waals surface area (Å²) in [5.74, 6) is 1.65. The van der Waals surface area contributed by atoms with E-state index in [2.05, 4.69) is 37.1 Å². The van der Waals surface area contributed by atoms with Gasteiger partial charge in [0.05, 0.1) is 0 Å². The van der Waals surface area contributed by atoms with Crippen LogP contribution in [0.3, 0.4) is 0 Å². The van der Waals surface area contributed by atoms with Gasteiger partial charge in [0.2, 0.25) is 0 Å². The molecule has 1 aliphatic carbocycles. The Balaban J connectivity index is 2.16. The van der Waals surface area contributed by atoms with Gasteiger partial charge in [0.15, 0.2) is 0 Å². The highest BCUT2D eigenvalue weighted by Gasteiger charge is 2.34. The normalized spacial score (nSPS) is 19.0. The molecule has 0 amide bonds. The number of nitrogens with zero attached hydrogens (tertiary/aromatic N) is 1. The maximum Gasteiger partial charge on any atom is 0.0366 e. The van der Waals surface area contributed by atoms with Crippen LogP contribution in [0.2, 0.25) is 0 Å². The van der Waals surface area contributed by atoms with Crippen LogP contribution in [-0.4, -0.2) is 11.5 Å². The van der Waals surface area contributed by atoms with Gasteiger partial charge in [-0.3, -0.25) is 4.98 Å². The van der Waals surface area contributed by atoms with E-state index >= 15 is 0 Å². The van der Waals surface area contributed by atoms with E-state index in [0.717, 1.165) is 18.4 Å². The van der Waals surface area contributed by atoms with Gasteiger partial charge >= 0.3 is 0 Å². The first-order valence-electron chi connectivity index (χ1n) is 6.88. The zero-order valence-electron chi connectivity index (χ0n) is 11.2. The molecule has 1 aromatic heterocycles. The van der Waals surface area contributed by atoms with E-state index in [1.54, 1.807) is 0 Å². The van der Waals surface area contributed by atoms with E-state index < -0.39 is 0 Å². The lowest BCUT2D eigenvalue weighted by molar-refractivity contribution is 0.348. The van der Waals surface area contributed by atoms with E-state index in [-0.39, 0.29) is 0 Å². The lowest BCUT2D eigenvalue weighted by atomic mass is 9.89. The predicted molar refractivity (Wildman–Crippen MR) is 71.9 cm³/mol. The molecule has 0 bridgehead atoms. The highest BCUT2D eigenvalue weighted by Crippen LogP contribution is 2.42. The highest BCUT2D eigenvalue weighted by molar-refractivity contribution is 5.26. The molecule has 2 nitrogen and oxygen atoms in total. The number of hydrogen-bond acceptors (Lipinski definition) is 2. The molecule has 1 aromatic rings. The molecular weight excluding hydrogens is 208 g/mol.